The van der Waals surface area contributed by atoms with Gasteiger partial charge in [0.05, 0.1) is 4.90 Å². The highest BCUT2D eigenvalue weighted by Gasteiger charge is 2.13. The van der Waals surface area contributed by atoms with Gasteiger partial charge in [0, 0.05) is 18.8 Å². The van der Waals surface area contributed by atoms with Crippen molar-refractivity contribution in [1.29, 1.82) is 0 Å². The maximum atomic E-state index is 13.0. The molecule has 0 aliphatic heterocycles. The van der Waals surface area contributed by atoms with Crippen LogP contribution in [0.15, 0.2) is 46.2 Å². The molecule has 0 saturated carbocycles. The molecule has 0 radical (unpaired) electrons. The lowest BCUT2D eigenvalue weighted by atomic mass is 10.1. The average Bonchev–Trinajstić information content (AvgIpc) is 2.41. The molecule has 0 bridgehead atoms. The highest BCUT2D eigenvalue weighted by Crippen LogP contribution is 2.11. The van der Waals surface area contributed by atoms with E-state index in [9.17, 15) is 17.6 Å². The third-order valence-corrected chi connectivity index (χ3v) is 4.52. The molecule has 0 amide bonds. The summed E-state index contributed by atoms with van der Waals surface area (Å²) >= 11 is 0. The molecule has 112 valence electrons. The van der Waals surface area contributed by atoms with Gasteiger partial charge in [0.2, 0.25) is 15.6 Å². The van der Waals surface area contributed by atoms with Crippen molar-refractivity contribution in [3.63, 3.8) is 0 Å². The molecule has 7 heteroatoms. The van der Waals surface area contributed by atoms with Gasteiger partial charge in [-0.3, -0.25) is 4.79 Å². The number of aromatic amines is 1. The molecular weight excluding hydrogens is 295 g/mol. The number of nitrogens with one attached hydrogen (secondary N) is 2. The van der Waals surface area contributed by atoms with Crippen LogP contribution in [0.4, 0.5) is 4.39 Å². The van der Waals surface area contributed by atoms with E-state index in [1.807, 2.05) is 0 Å². The number of sulfonamides is 1. The van der Waals surface area contributed by atoms with Crippen LogP contribution in [0, 0.1) is 12.7 Å². The standard InChI is InChI=1S/C14H15FN2O3S/c1-10-8-12(15)3-2-11(10)6-7-17-21(19,20)13-4-5-14(18)16-9-13/h2-5,8-9,17H,6-7H2,1H3,(H,16,18). The van der Waals surface area contributed by atoms with E-state index in [0.29, 0.717) is 6.42 Å². The largest absolute Gasteiger partial charge is 0.328 e. The van der Waals surface area contributed by atoms with E-state index in [0.717, 1.165) is 23.4 Å². The number of halogens is 1. The molecule has 2 aromatic rings. The first-order valence-electron chi connectivity index (χ1n) is 6.32. The Bertz CT molecular complexity index is 780. The minimum absolute atomic E-state index is 0.00192. The van der Waals surface area contributed by atoms with Crippen molar-refractivity contribution in [3.05, 3.63) is 63.8 Å². The number of aryl methyl sites for hydroxylation is 1. The summed E-state index contributed by atoms with van der Waals surface area (Å²) in [5, 5.41) is 0. The Morgan fingerprint density at radius 1 is 1.24 bits per heavy atom. The number of hydrogen-bond donors (Lipinski definition) is 2. The smallest absolute Gasteiger partial charge is 0.247 e. The summed E-state index contributed by atoms with van der Waals surface area (Å²) in [4.78, 5) is 13.2. The molecule has 2 rings (SSSR count). The number of H-pyrrole nitrogens is 1. The van der Waals surface area contributed by atoms with Crippen molar-refractivity contribution in [3.8, 4) is 0 Å². The first kappa shape index (κ1) is 15.4. The van der Waals surface area contributed by atoms with Crippen LogP contribution in [0.25, 0.3) is 0 Å². The zero-order valence-corrected chi connectivity index (χ0v) is 12.2. The zero-order chi connectivity index (χ0) is 15.5. The van der Waals surface area contributed by atoms with Crippen LogP contribution in [-0.2, 0) is 16.4 Å². The summed E-state index contributed by atoms with van der Waals surface area (Å²) in [7, 11) is -3.66. The van der Waals surface area contributed by atoms with Crippen molar-refractivity contribution in [1.82, 2.24) is 9.71 Å². The molecule has 0 aliphatic rings. The molecule has 0 fully saturated rings. The molecule has 1 aromatic heterocycles. The normalized spacial score (nSPS) is 11.5. The van der Waals surface area contributed by atoms with Crippen molar-refractivity contribution < 1.29 is 12.8 Å². The summed E-state index contributed by atoms with van der Waals surface area (Å²) in [6.45, 7) is 1.96. The highest BCUT2D eigenvalue weighted by atomic mass is 32.2. The summed E-state index contributed by atoms with van der Waals surface area (Å²) in [6.07, 6.45) is 1.60. The van der Waals surface area contributed by atoms with Crippen molar-refractivity contribution in [2.24, 2.45) is 0 Å². The molecule has 0 saturated heterocycles. The molecular formula is C14H15FN2O3S. The van der Waals surface area contributed by atoms with Crippen LogP contribution < -0.4 is 10.3 Å². The first-order valence-corrected chi connectivity index (χ1v) is 7.80. The first-order chi connectivity index (χ1) is 9.88. The van der Waals surface area contributed by atoms with Crippen LogP contribution in [0.2, 0.25) is 0 Å². The van der Waals surface area contributed by atoms with Gasteiger partial charge in [-0.1, -0.05) is 6.07 Å². The lowest BCUT2D eigenvalue weighted by Gasteiger charge is -2.08. The third kappa shape index (κ3) is 3.99. The maximum Gasteiger partial charge on any atom is 0.247 e. The fourth-order valence-corrected chi connectivity index (χ4v) is 2.91. The number of aromatic nitrogens is 1. The Hall–Kier alpha value is -1.99. The van der Waals surface area contributed by atoms with E-state index >= 15 is 0 Å². The van der Waals surface area contributed by atoms with Crippen LogP contribution >= 0.6 is 0 Å². The fourth-order valence-electron chi connectivity index (χ4n) is 1.91. The molecule has 0 atom stereocenters. The average molecular weight is 310 g/mol. The number of pyridine rings is 1. The van der Waals surface area contributed by atoms with Gasteiger partial charge in [-0.25, -0.2) is 17.5 Å². The number of rotatable bonds is 5. The van der Waals surface area contributed by atoms with E-state index < -0.39 is 10.0 Å². The van der Waals surface area contributed by atoms with Crippen LogP contribution in [0.3, 0.4) is 0 Å². The summed E-state index contributed by atoms with van der Waals surface area (Å²) in [6, 6.07) is 6.78. The fraction of sp³-hybridized carbons (Fsp3) is 0.214. The molecule has 1 aromatic carbocycles. The SMILES string of the molecule is Cc1cc(F)ccc1CCNS(=O)(=O)c1ccc(=O)[nH]c1. The monoisotopic (exact) mass is 310 g/mol. The summed E-state index contributed by atoms with van der Waals surface area (Å²) in [5.41, 5.74) is 1.29. The number of hydrogen-bond acceptors (Lipinski definition) is 3. The van der Waals surface area contributed by atoms with Gasteiger partial charge >= 0.3 is 0 Å². The van der Waals surface area contributed by atoms with Gasteiger partial charge in [-0.15, -0.1) is 0 Å². The van der Waals surface area contributed by atoms with Crippen LogP contribution in [0.1, 0.15) is 11.1 Å². The zero-order valence-electron chi connectivity index (χ0n) is 11.4. The van der Waals surface area contributed by atoms with E-state index in [1.165, 1.54) is 18.2 Å². The molecule has 2 N–H and O–H groups in total. The molecule has 0 unspecified atom stereocenters. The van der Waals surface area contributed by atoms with E-state index in [4.69, 9.17) is 0 Å². The number of benzene rings is 1. The van der Waals surface area contributed by atoms with Gasteiger partial charge in [-0.05, 0) is 42.7 Å². The lowest BCUT2D eigenvalue weighted by molar-refractivity contribution is 0.581. The molecule has 5 nitrogen and oxygen atoms in total. The Balaban J connectivity index is 2.02. The minimum Gasteiger partial charge on any atom is -0.328 e. The van der Waals surface area contributed by atoms with E-state index in [1.54, 1.807) is 13.0 Å². The van der Waals surface area contributed by atoms with Gasteiger partial charge in [0.15, 0.2) is 0 Å². The van der Waals surface area contributed by atoms with Gasteiger partial charge < -0.3 is 4.98 Å². The Labute approximate surface area is 121 Å². The topological polar surface area (TPSA) is 79.0 Å². The molecule has 0 aliphatic carbocycles. The van der Waals surface area contributed by atoms with E-state index in [2.05, 4.69) is 9.71 Å². The van der Waals surface area contributed by atoms with Crippen molar-refractivity contribution in [2.45, 2.75) is 18.2 Å². The Kier molecular flexibility index (Phi) is 4.54. The van der Waals surface area contributed by atoms with Crippen LogP contribution in [-0.4, -0.2) is 19.9 Å². The van der Waals surface area contributed by atoms with Crippen molar-refractivity contribution in [2.75, 3.05) is 6.54 Å². The Morgan fingerprint density at radius 2 is 2.00 bits per heavy atom. The lowest BCUT2D eigenvalue weighted by Crippen LogP contribution is -2.26. The highest BCUT2D eigenvalue weighted by molar-refractivity contribution is 7.89. The second-order valence-electron chi connectivity index (χ2n) is 4.61. The predicted molar refractivity (Wildman–Crippen MR) is 77.1 cm³/mol. The quantitative estimate of drug-likeness (QED) is 0.875. The Morgan fingerprint density at radius 3 is 2.62 bits per heavy atom. The van der Waals surface area contributed by atoms with E-state index in [-0.39, 0.29) is 22.8 Å². The third-order valence-electron chi connectivity index (χ3n) is 3.06. The minimum atomic E-state index is -3.66. The molecule has 0 spiro atoms. The van der Waals surface area contributed by atoms with Gasteiger partial charge in [-0.2, -0.15) is 0 Å². The van der Waals surface area contributed by atoms with Crippen molar-refractivity contribution >= 4 is 10.0 Å². The summed E-state index contributed by atoms with van der Waals surface area (Å²) < 4.78 is 39.4. The summed E-state index contributed by atoms with van der Waals surface area (Å²) in [5.74, 6) is -0.315. The second kappa shape index (κ2) is 6.19. The predicted octanol–water partition coefficient (Wildman–Crippen LogP) is 1.34. The van der Waals surface area contributed by atoms with Gasteiger partial charge in [0.25, 0.3) is 0 Å². The maximum absolute atomic E-state index is 13.0. The van der Waals surface area contributed by atoms with Crippen LogP contribution in [0.5, 0.6) is 0 Å². The second-order valence-corrected chi connectivity index (χ2v) is 6.37. The van der Waals surface area contributed by atoms with Gasteiger partial charge in [0.1, 0.15) is 5.82 Å². The molecule has 21 heavy (non-hydrogen) atoms. The molecule has 1 heterocycles.